The highest BCUT2D eigenvalue weighted by molar-refractivity contribution is 9.10. The summed E-state index contributed by atoms with van der Waals surface area (Å²) < 4.78 is 19.7. The summed E-state index contributed by atoms with van der Waals surface area (Å²) in [7, 11) is 0. The van der Waals surface area contributed by atoms with Gasteiger partial charge in [-0.2, -0.15) is 0 Å². The fourth-order valence-corrected chi connectivity index (χ4v) is 2.67. The molecule has 0 atom stereocenters. The zero-order chi connectivity index (χ0) is 13.1. The van der Waals surface area contributed by atoms with Crippen molar-refractivity contribution in [2.75, 3.05) is 0 Å². The van der Waals surface area contributed by atoms with Crippen LogP contribution < -0.4 is 4.74 Å². The second-order valence-electron chi connectivity index (χ2n) is 3.35. The van der Waals surface area contributed by atoms with Gasteiger partial charge < -0.3 is 4.74 Å². The molecule has 0 saturated heterocycles. The Morgan fingerprint density at radius 3 is 2.78 bits per heavy atom. The molecule has 0 saturated carbocycles. The fourth-order valence-electron chi connectivity index (χ4n) is 1.29. The maximum atomic E-state index is 13.5. The first-order chi connectivity index (χ1) is 8.58. The third kappa shape index (κ3) is 2.85. The highest BCUT2D eigenvalue weighted by atomic mass is 79.9. The summed E-state index contributed by atoms with van der Waals surface area (Å²) in [6, 6.07) is 5.19. The molecular weight excluding hydrogens is 325 g/mol. The molecule has 1 aromatic heterocycles. The van der Waals surface area contributed by atoms with E-state index in [-0.39, 0.29) is 18.0 Å². The van der Waals surface area contributed by atoms with Gasteiger partial charge in [0.05, 0.1) is 15.9 Å². The first kappa shape index (κ1) is 13.0. The zero-order valence-electron chi connectivity index (χ0n) is 8.93. The molecule has 1 heterocycles. The Bertz CT molecular complexity index is 587. The van der Waals surface area contributed by atoms with Crippen LogP contribution in [0, 0.1) is 15.9 Å². The molecule has 0 radical (unpaired) electrons. The van der Waals surface area contributed by atoms with Crippen molar-refractivity contribution in [1.29, 1.82) is 0 Å². The summed E-state index contributed by atoms with van der Waals surface area (Å²) in [5.41, 5.74) is -0.294. The highest BCUT2D eigenvalue weighted by Gasteiger charge is 2.12. The van der Waals surface area contributed by atoms with Crippen molar-refractivity contribution in [2.24, 2.45) is 0 Å². The van der Waals surface area contributed by atoms with Gasteiger partial charge in [-0.3, -0.25) is 10.1 Å². The Kier molecular flexibility index (Phi) is 3.93. The number of benzene rings is 1. The molecule has 0 aliphatic rings. The van der Waals surface area contributed by atoms with Crippen molar-refractivity contribution in [2.45, 2.75) is 6.61 Å². The van der Waals surface area contributed by atoms with Crippen LogP contribution in [0.4, 0.5) is 10.1 Å². The maximum absolute atomic E-state index is 13.5. The molecule has 0 N–H and O–H groups in total. The van der Waals surface area contributed by atoms with E-state index in [1.807, 2.05) is 11.4 Å². The van der Waals surface area contributed by atoms with Gasteiger partial charge in [0, 0.05) is 10.5 Å². The van der Waals surface area contributed by atoms with E-state index in [2.05, 4.69) is 15.9 Å². The molecule has 0 unspecified atom stereocenters. The van der Waals surface area contributed by atoms with E-state index in [0.29, 0.717) is 0 Å². The smallest absolute Gasteiger partial charge is 0.272 e. The molecule has 94 valence electrons. The van der Waals surface area contributed by atoms with E-state index >= 15 is 0 Å². The van der Waals surface area contributed by atoms with Crippen LogP contribution in [-0.4, -0.2) is 4.92 Å². The van der Waals surface area contributed by atoms with Gasteiger partial charge in [-0.1, -0.05) is 0 Å². The quantitative estimate of drug-likeness (QED) is 0.625. The molecule has 18 heavy (non-hydrogen) atoms. The van der Waals surface area contributed by atoms with Gasteiger partial charge in [0.2, 0.25) is 0 Å². The second kappa shape index (κ2) is 5.45. The number of nitro groups is 1. The zero-order valence-corrected chi connectivity index (χ0v) is 11.3. The molecule has 1 aromatic carbocycles. The van der Waals surface area contributed by atoms with Crippen molar-refractivity contribution < 1.29 is 14.1 Å². The minimum absolute atomic E-state index is 0.000833. The predicted molar refractivity (Wildman–Crippen MR) is 69.4 cm³/mol. The lowest BCUT2D eigenvalue weighted by Crippen LogP contribution is -1.97. The third-order valence-electron chi connectivity index (χ3n) is 2.18. The van der Waals surface area contributed by atoms with Crippen LogP contribution in [0.3, 0.4) is 0 Å². The molecule has 0 fully saturated rings. The number of nitro benzene ring substituents is 1. The monoisotopic (exact) mass is 331 g/mol. The number of hydrogen-bond donors (Lipinski definition) is 0. The molecule has 0 spiro atoms. The van der Waals surface area contributed by atoms with Crippen LogP contribution in [0.5, 0.6) is 5.75 Å². The number of halogens is 2. The van der Waals surface area contributed by atoms with E-state index < -0.39 is 10.7 Å². The van der Waals surface area contributed by atoms with Crippen LogP contribution in [-0.2, 0) is 6.61 Å². The normalized spacial score (nSPS) is 10.3. The molecule has 0 aliphatic carbocycles. The Balaban J connectivity index is 2.11. The van der Waals surface area contributed by atoms with Crippen LogP contribution in [0.15, 0.2) is 34.1 Å². The first-order valence-corrected chi connectivity index (χ1v) is 6.54. The van der Waals surface area contributed by atoms with Gasteiger partial charge in [0.15, 0.2) is 11.6 Å². The average Bonchev–Trinajstić information content (AvgIpc) is 2.73. The predicted octanol–water partition coefficient (Wildman–Crippen LogP) is 4.14. The largest absolute Gasteiger partial charge is 0.485 e. The van der Waals surface area contributed by atoms with Crippen LogP contribution >= 0.6 is 27.3 Å². The maximum Gasteiger partial charge on any atom is 0.272 e. The van der Waals surface area contributed by atoms with Crippen LogP contribution in [0.25, 0.3) is 0 Å². The summed E-state index contributed by atoms with van der Waals surface area (Å²) >= 11 is 4.82. The summed E-state index contributed by atoms with van der Waals surface area (Å²) in [6.07, 6.45) is 0. The second-order valence-corrected chi connectivity index (χ2v) is 5.21. The van der Waals surface area contributed by atoms with Crippen molar-refractivity contribution in [3.05, 3.63) is 54.9 Å². The topological polar surface area (TPSA) is 52.4 Å². The highest BCUT2D eigenvalue weighted by Crippen LogP contribution is 2.27. The lowest BCUT2D eigenvalue weighted by atomic mass is 10.3. The van der Waals surface area contributed by atoms with E-state index in [0.717, 1.165) is 15.4 Å². The van der Waals surface area contributed by atoms with Crippen LogP contribution in [0.1, 0.15) is 4.88 Å². The van der Waals surface area contributed by atoms with Gasteiger partial charge in [0.1, 0.15) is 6.61 Å². The molecular formula is C11H7BrFNO3S. The lowest BCUT2D eigenvalue weighted by Gasteiger charge is -2.06. The summed E-state index contributed by atoms with van der Waals surface area (Å²) in [5, 5.41) is 12.3. The summed E-state index contributed by atoms with van der Waals surface area (Å²) in [5.74, 6) is -0.738. The Labute approximate surface area is 114 Å². The standard InChI is InChI=1S/C11H7BrFNO3S/c12-8-3-4-18-11(8)6-17-10-2-1-7(14(15)16)5-9(10)13/h1-5H,6H2. The number of rotatable bonds is 4. The van der Waals surface area contributed by atoms with E-state index in [1.165, 1.54) is 23.5 Å². The third-order valence-corrected chi connectivity index (χ3v) is 4.08. The Morgan fingerprint density at radius 2 is 2.22 bits per heavy atom. The minimum atomic E-state index is -0.739. The van der Waals surface area contributed by atoms with Gasteiger partial charge in [0.25, 0.3) is 5.69 Å². The fraction of sp³-hybridized carbons (Fsp3) is 0.0909. The van der Waals surface area contributed by atoms with Gasteiger partial charge in [-0.25, -0.2) is 4.39 Å². The molecule has 7 heteroatoms. The SMILES string of the molecule is O=[N+]([O-])c1ccc(OCc2sccc2Br)c(F)c1. The summed E-state index contributed by atoms with van der Waals surface area (Å²) in [4.78, 5) is 10.7. The molecule has 0 aliphatic heterocycles. The van der Waals surface area contributed by atoms with Crippen molar-refractivity contribution in [3.63, 3.8) is 0 Å². The number of ether oxygens (including phenoxy) is 1. The average molecular weight is 332 g/mol. The minimum Gasteiger partial charge on any atom is -0.485 e. The molecule has 4 nitrogen and oxygen atoms in total. The van der Waals surface area contributed by atoms with E-state index in [9.17, 15) is 14.5 Å². The number of thiophene rings is 1. The van der Waals surface area contributed by atoms with Gasteiger partial charge in [-0.15, -0.1) is 11.3 Å². The van der Waals surface area contributed by atoms with Gasteiger partial charge >= 0.3 is 0 Å². The summed E-state index contributed by atoms with van der Waals surface area (Å²) in [6.45, 7) is 0.215. The Hall–Kier alpha value is -1.47. The van der Waals surface area contributed by atoms with Crippen LogP contribution in [0.2, 0.25) is 0 Å². The first-order valence-electron chi connectivity index (χ1n) is 4.86. The van der Waals surface area contributed by atoms with Crippen molar-refractivity contribution >= 4 is 33.0 Å². The lowest BCUT2D eigenvalue weighted by molar-refractivity contribution is -0.385. The van der Waals surface area contributed by atoms with E-state index in [4.69, 9.17) is 4.74 Å². The number of non-ortho nitro benzene ring substituents is 1. The van der Waals surface area contributed by atoms with Crippen molar-refractivity contribution in [3.8, 4) is 5.75 Å². The molecule has 0 amide bonds. The van der Waals surface area contributed by atoms with Crippen molar-refractivity contribution in [1.82, 2.24) is 0 Å². The molecule has 2 aromatic rings. The number of nitrogens with zero attached hydrogens (tertiary/aromatic N) is 1. The number of hydrogen-bond acceptors (Lipinski definition) is 4. The Morgan fingerprint density at radius 1 is 1.44 bits per heavy atom. The molecule has 0 bridgehead atoms. The van der Waals surface area contributed by atoms with E-state index in [1.54, 1.807) is 0 Å². The molecule has 2 rings (SSSR count). The van der Waals surface area contributed by atoms with Gasteiger partial charge in [-0.05, 0) is 33.4 Å².